The molecule has 2 rings (SSSR count). The van der Waals surface area contributed by atoms with Crippen LogP contribution < -0.4 is 0 Å². The Kier molecular flexibility index (Phi) is 1.10. The van der Waals surface area contributed by atoms with E-state index in [1.165, 1.54) is 5.57 Å². The molecule has 1 aliphatic carbocycles. The van der Waals surface area contributed by atoms with E-state index in [0.717, 1.165) is 13.0 Å². The molecular weight excluding hydrogens is 116 g/mol. The number of aliphatic hydroxyl groups excluding tert-OH is 1. The fourth-order valence-electron chi connectivity index (χ4n) is 1.59. The molecule has 0 saturated carbocycles. The third-order valence-electron chi connectivity index (χ3n) is 2.14. The van der Waals surface area contributed by atoms with Crippen LogP contribution in [0.15, 0.2) is 11.6 Å². The van der Waals surface area contributed by atoms with Crippen molar-refractivity contribution >= 4 is 0 Å². The SMILES string of the molecule is OCC1=CC2CC1CO2. The molecule has 50 valence electrons. The van der Waals surface area contributed by atoms with Crippen LogP contribution in [0.5, 0.6) is 0 Å². The second-order valence-corrected chi connectivity index (χ2v) is 2.70. The van der Waals surface area contributed by atoms with Gasteiger partial charge in [-0.15, -0.1) is 0 Å². The van der Waals surface area contributed by atoms with E-state index >= 15 is 0 Å². The molecule has 1 aliphatic heterocycles. The number of hydrogen-bond donors (Lipinski definition) is 1. The van der Waals surface area contributed by atoms with Gasteiger partial charge in [0, 0.05) is 5.92 Å². The highest BCUT2D eigenvalue weighted by Gasteiger charge is 2.32. The summed E-state index contributed by atoms with van der Waals surface area (Å²) in [4.78, 5) is 0. The van der Waals surface area contributed by atoms with Gasteiger partial charge in [0.2, 0.25) is 0 Å². The second-order valence-electron chi connectivity index (χ2n) is 2.70. The van der Waals surface area contributed by atoms with Gasteiger partial charge in [-0.1, -0.05) is 6.08 Å². The molecule has 0 radical (unpaired) electrons. The first-order valence-electron chi connectivity index (χ1n) is 3.33. The van der Waals surface area contributed by atoms with Gasteiger partial charge < -0.3 is 9.84 Å². The Balaban J connectivity index is 2.18. The fourth-order valence-corrected chi connectivity index (χ4v) is 1.59. The molecule has 0 spiro atoms. The van der Waals surface area contributed by atoms with Crippen molar-refractivity contribution in [2.75, 3.05) is 13.2 Å². The Labute approximate surface area is 54.1 Å². The molecule has 1 heterocycles. The third kappa shape index (κ3) is 0.705. The summed E-state index contributed by atoms with van der Waals surface area (Å²) < 4.78 is 5.30. The molecule has 0 aromatic carbocycles. The summed E-state index contributed by atoms with van der Waals surface area (Å²) in [6, 6.07) is 0. The quantitative estimate of drug-likeness (QED) is 0.513. The molecule has 1 N–H and O–H groups in total. The van der Waals surface area contributed by atoms with E-state index in [2.05, 4.69) is 0 Å². The van der Waals surface area contributed by atoms with Crippen molar-refractivity contribution in [3.8, 4) is 0 Å². The van der Waals surface area contributed by atoms with Crippen LogP contribution in [0.3, 0.4) is 0 Å². The minimum Gasteiger partial charge on any atom is -0.392 e. The lowest BCUT2D eigenvalue weighted by molar-refractivity contribution is 0.129. The number of fused-ring (bicyclic) bond motifs is 2. The summed E-state index contributed by atoms with van der Waals surface area (Å²) in [7, 11) is 0. The van der Waals surface area contributed by atoms with E-state index in [9.17, 15) is 0 Å². The van der Waals surface area contributed by atoms with Crippen molar-refractivity contribution in [3.63, 3.8) is 0 Å². The van der Waals surface area contributed by atoms with E-state index < -0.39 is 0 Å². The third-order valence-corrected chi connectivity index (χ3v) is 2.14. The van der Waals surface area contributed by atoms with Gasteiger partial charge in [0.05, 0.1) is 19.3 Å². The van der Waals surface area contributed by atoms with E-state index in [-0.39, 0.29) is 6.61 Å². The van der Waals surface area contributed by atoms with Crippen LogP contribution in [0.1, 0.15) is 6.42 Å². The summed E-state index contributed by atoms with van der Waals surface area (Å²) in [6.07, 6.45) is 3.49. The zero-order chi connectivity index (χ0) is 6.27. The molecule has 2 nitrogen and oxygen atoms in total. The molecule has 2 heteroatoms. The Hall–Kier alpha value is -0.340. The van der Waals surface area contributed by atoms with Crippen LogP contribution in [0.2, 0.25) is 0 Å². The van der Waals surface area contributed by atoms with Gasteiger partial charge in [-0.25, -0.2) is 0 Å². The zero-order valence-corrected chi connectivity index (χ0v) is 5.21. The van der Waals surface area contributed by atoms with Crippen LogP contribution >= 0.6 is 0 Å². The molecule has 1 fully saturated rings. The maximum atomic E-state index is 8.76. The predicted octanol–water partition coefficient (Wildman–Crippen LogP) is 0.324. The minimum atomic E-state index is 0.227. The van der Waals surface area contributed by atoms with E-state index in [1.807, 2.05) is 6.08 Å². The van der Waals surface area contributed by atoms with E-state index in [0.29, 0.717) is 12.0 Å². The maximum absolute atomic E-state index is 8.76. The normalized spacial score (nSPS) is 39.4. The van der Waals surface area contributed by atoms with E-state index in [1.54, 1.807) is 0 Å². The lowest BCUT2D eigenvalue weighted by atomic mass is 10.1. The maximum Gasteiger partial charge on any atom is 0.0766 e. The first-order chi connectivity index (χ1) is 4.40. The molecular formula is C7H10O2. The number of hydrogen-bond acceptors (Lipinski definition) is 2. The second kappa shape index (κ2) is 1.82. The van der Waals surface area contributed by atoms with Gasteiger partial charge in [0.25, 0.3) is 0 Å². The van der Waals surface area contributed by atoms with Gasteiger partial charge in [-0.3, -0.25) is 0 Å². The summed E-state index contributed by atoms with van der Waals surface area (Å²) in [5, 5.41) is 8.76. The van der Waals surface area contributed by atoms with Crippen molar-refractivity contribution in [3.05, 3.63) is 11.6 Å². The van der Waals surface area contributed by atoms with Crippen LogP contribution in [0.25, 0.3) is 0 Å². The first-order valence-corrected chi connectivity index (χ1v) is 3.33. The lowest BCUT2D eigenvalue weighted by Crippen LogP contribution is -2.08. The molecule has 0 amide bonds. The summed E-state index contributed by atoms with van der Waals surface area (Å²) in [6.45, 7) is 1.06. The zero-order valence-electron chi connectivity index (χ0n) is 5.21. The largest absolute Gasteiger partial charge is 0.392 e. The number of ether oxygens (including phenoxy) is 1. The molecule has 2 atom stereocenters. The number of aliphatic hydroxyl groups is 1. The molecule has 2 bridgehead atoms. The smallest absolute Gasteiger partial charge is 0.0766 e. The highest BCUT2D eigenvalue weighted by atomic mass is 16.5. The Morgan fingerprint density at radius 1 is 1.78 bits per heavy atom. The molecule has 1 saturated heterocycles. The topological polar surface area (TPSA) is 29.5 Å². The van der Waals surface area contributed by atoms with Crippen molar-refractivity contribution in [1.29, 1.82) is 0 Å². The van der Waals surface area contributed by atoms with Crippen molar-refractivity contribution in [2.45, 2.75) is 12.5 Å². The Bertz CT molecular complexity index is 151. The van der Waals surface area contributed by atoms with Gasteiger partial charge >= 0.3 is 0 Å². The summed E-state index contributed by atoms with van der Waals surface area (Å²) in [5.74, 6) is 0.542. The molecule has 2 aliphatic rings. The van der Waals surface area contributed by atoms with Crippen LogP contribution in [-0.2, 0) is 4.74 Å². The van der Waals surface area contributed by atoms with Crippen molar-refractivity contribution in [2.24, 2.45) is 5.92 Å². The van der Waals surface area contributed by atoms with Crippen molar-refractivity contribution < 1.29 is 9.84 Å². The standard InChI is InChI=1S/C7H10O2/c8-3-5-1-7-2-6(5)4-9-7/h1,6-8H,2-4H2. The minimum absolute atomic E-state index is 0.227. The summed E-state index contributed by atoms with van der Waals surface area (Å²) >= 11 is 0. The predicted molar refractivity (Wildman–Crippen MR) is 33.0 cm³/mol. The highest BCUT2D eigenvalue weighted by Crippen LogP contribution is 2.34. The monoisotopic (exact) mass is 126 g/mol. The van der Waals surface area contributed by atoms with Gasteiger partial charge in [-0.05, 0) is 12.0 Å². The van der Waals surface area contributed by atoms with Crippen LogP contribution in [-0.4, -0.2) is 24.4 Å². The molecule has 9 heavy (non-hydrogen) atoms. The highest BCUT2D eigenvalue weighted by molar-refractivity contribution is 5.20. The van der Waals surface area contributed by atoms with E-state index in [4.69, 9.17) is 9.84 Å². The van der Waals surface area contributed by atoms with Crippen LogP contribution in [0.4, 0.5) is 0 Å². The fraction of sp³-hybridized carbons (Fsp3) is 0.714. The van der Waals surface area contributed by atoms with Gasteiger partial charge in [0.1, 0.15) is 0 Å². The lowest BCUT2D eigenvalue weighted by Gasteiger charge is -2.09. The first kappa shape index (κ1) is 5.45. The summed E-state index contributed by atoms with van der Waals surface area (Å²) in [5.41, 5.74) is 1.19. The Morgan fingerprint density at radius 3 is 3.00 bits per heavy atom. The average molecular weight is 126 g/mol. The van der Waals surface area contributed by atoms with Crippen molar-refractivity contribution in [1.82, 2.24) is 0 Å². The Morgan fingerprint density at radius 2 is 2.67 bits per heavy atom. The molecule has 2 unspecified atom stereocenters. The van der Waals surface area contributed by atoms with Gasteiger partial charge in [0.15, 0.2) is 0 Å². The number of rotatable bonds is 1. The molecule has 0 aromatic heterocycles. The average Bonchev–Trinajstić information content (AvgIpc) is 2.45. The van der Waals surface area contributed by atoms with Gasteiger partial charge in [-0.2, -0.15) is 0 Å². The van der Waals surface area contributed by atoms with Crippen LogP contribution in [0, 0.1) is 5.92 Å². The molecule has 0 aromatic rings.